The van der Waals surface area contributed by atoms with E-state index in [1.165, 1.54) is 12.1 Å². The molecule has 134 valence electrons. The Morgan fingerprint density at radius 1 is 1.29 bits per heavy atom. The number of nitrogens with one attached hydrogen (secondary N) is 1. The summed E-state index contributed by atoms with van der Waals surface area (Å²) in [5.41, 5.74) is 0.287. The second-order valence-corrected chi connectivity index (χ2v) is 8.94. The molecule has 1 aliphatic heterocycles. The van der Waals surface area contributed by atoms with Gasteiger partial charge >= 0.3 is 0 Å². The average Bonchev–Trinajstić information content (AvgIpc) is 2.84. The third-order valence-electron chi connectivity index (χ3n) is 3.82. The molecule has 1 aromatic rings. The van der Waals surface area contributed by atoms with Crippen LogP contribution in [0, 0.1) is 0 Å². The summed E-state index contributed by atoms with van der Waals surface area (Å²) in [5, 5.41) is 3.24. The lowest BCUT2D eigenvalue weighted by atomic mass is 10.1. The Balaban J connectivity index is 2.02. The zero-order chi connectivity index (χ0) is 17.7. The molecule has 0 radical (unpaired) electrons. The summed E-state index contributed by atoms with van der Waals surface area (Å²) in [5.74, 6) is 0.0517. The Bertz CT molecular complexity index is 683. The van der Waals surface area contributed by atoms with Crippen LogP contribution in [0.2, 0.25) is 10.0 Å². The summed E-state index contributed by atoms with van der Waals surface area (Å²) < 4.78 is 28.5. The minimum Gasteiger partial charge on any atom is -0.490 e. The quantitative estimate of drug-likeness (QED) is 0.719. The van der Waals surface area contributed by atoms with Crippen LogP contribution in [-0.2, 0) is 9.84 Å². The molecule has 0 bridgehead atoms. The van der Waals surface area contributed by atoms with Crippen LogP contribution in [0.15, 0.2) is 12.1 Å². The molecule has 1 atom stereocenters. The van der Waals surface area contributed by atoms with E-state index in [-0.39, 0.29) is 33.2 Å². The highest BCUT2D eigenvalue weighted by molar-refractivity contribution is 7.91. The van der Waals surface area contributed by atoms with Gasteiger partial charge in [-0.05, 0) is 25.0 Å². The highest BCUT2D eigenvalue weighted by Crippen LogP contribution is 2.34. The van der Waals surface area contributed by atoms with Gasteiger partial charge in [0.2, 0.25) is 0 Å². The number of rotatable bonds is 7. The lowest BCUT2D eigenvalue weighted by Gasteiger charge is -2.14. The van der Waals surface area contributed by atoms with E-state index < -0.39 is 15.7 Å². The molecular weight excluding hydrogens is 373 g/mol. The first-order chi connectivity index (χ1) is 11.3. The molecule has 1 unspecified atom stereocenters. The standard InChI is InChI=1S/C16H21Cl2NO4S/c1-2-3-4-6-23-15-13(17)8-11(9-14(15)18)16(20)19-12-5-7-24(21,22)10-12/h8-9,12H,2-7,10H2,1H3,(H,19,20). The van der Waals surface area contributed by atoms with Crippen molar-refractivity contribution < 1.29 is 17.9 Å². The van der Waals surface area contributed by atoms with Crippen molar-refractivity contribution in [3.05, 3.63) is 27.7 Å². The fraction of sp³-hybridized carbons (Fsp3) is 0.562. The molecule has 0 spiro atoms. The number of carbonyl (C=O) groups is 1. The first-order valence-corrected chi connectivity index (χ1v) is 10.5. The molecular formula is C16H21Cl2NO4S. The Morgan fingerprint density at radius 3 is 2.50 bits per heavy atom. The van der Waals surface area contributed by atoms with E-state index in [1.807, 2.05) is 0 Å². The molecule has 24 heavy (non-hydrogen) atoms. The van der Waals surface area contributed by atoms with Crippen molar-refractivity contribution >= 4 is 38.9 Å². The lowest BCUT2D eigenvalue weighted by molar-refractivity contribution is 0.0941. The van der Waals surface area contributed by atoms with Crippen LogP contribution in [0.25, 0.3) is 0 Å². The molecule has 0 saturated carbocycles. The number of benzene rings is 1. The number of hydrogen-bond donors (Lipinski definition) is 1. The topological polar surface area (TPSA) is 72.5 Å². The molecule has 2 rings (SSSR count). The zero-order valence-corrected chi connectivity index (χ0v) is 15.8. The van der Waals surface area contributed by atoms with Gasteiger partial charge in [-0.1, -0.05) is 43.0 Å². The normalized spacial score (nSPS) is 19.2. The predicted molar refractivity (Wildman–Crippen MR) is 96.0 cm³/mol. The smallest absolute Gasteiger partial charge is 0.251 e. The van der Waals surface area contributed by atoms with Gasteiger partial charge in [-0.25, -0.2) is 8.42 Å². The minimum absolute atomic E-state index is 0.0289. The van der Waals surface area contributed by atoms with Crippen LogP contribution >= 0.6 is 23.2 Å². The summed E-state index contributed by atoms with van der Waals surface area (Å²) >= 11 is 12.3. The predicted octanol–water partition coefficient (Wildman–Crippen LogP) is 3.48. The molecule has 1 N–H and O–H groups in total. The van der Waals surface area contributed by atoms with Gasteiger partial charge in [0.1, 0.15) is 0 Å². The number of halogens is 2. The molecule has 8 heteroatoms. The highest BCUT2D eigenvalue weighted by Gasteiger charge is 2.29. The van der Waals surface area contributed by atoms with Gasteiger partial charge in [0.05, 0.1) is 28.2 Å². The Labute approximate surface area is 152 Å². The number of unbranched alkanes of at least 4 members (excludes halogenated alkanes) is 2. The fourth-order valence-corrected chi connectivity index (χ4v) is 4.80. The Morgan fingerprint density at radius 2 is 1.96 bits per heavy atom. The van der Waals surface area contributed by atoms with Gasteiger partial charge in [0.15, 0.2) is 15.6 Å². The van der Waals surface area contributed by atoms with Crippen molar-refractivity contribution in [3.8, 4) is 5.75 Å². The van der Waals surface area contributed by atoms with Gasteiger partial charge in [-0.2, -0.15) is 0 Å². The third kappa shape index (κ3) is 5.26. The van der Waals surface area contributed by atoms with Crippen LogP contribution < -0.4 is 10.1 Å². The molecule has 1 saturated heterocycles. The molecule has 1 heterocycles. The number of hydrogen-bond acceptors (Lipinski definition) is 4. The van der Waals surface area contributed by atoms with Crippen molar-refractivity contribution in [1.82, 2.24) is 5.32 Å². The lowest BCUT2D eigenvalue weighted by Crippen LogP contribution is -2.35. The molecule has 0 aromatic heterocycles. The van der Waals surface area contributed by atoms with E-state index in [2.05, 4.69) is 12.2 Å². The SMILES string of the molecule is CCCCCOc1c(Cl)cc(C(=O)NC2CCS(=O)(=O)C2)cc1Cl. The molecule has 1 fully saturated rings. The van der Waals surface area contributed by atoms with Gasteiger partial charge in [0, 0.05) is 11.6 Å². The first-order valence-electron chi connectivity index (χ1n) is 7.95. The van der Waals surface area contributed by atoms with E-state index in [4.69, 9.17) is 27.9 Å². The molecule has 1 aliphatic rings. The van der Waals surface area contributed by atoms with Crippen LogP contribution in [0.5, 0.6) is 5.75 Å². The molecule has 0 aliphatic carbocycles. The maximum atomic E-state index is 12.3. The second-order valence-electron chi connectivity index (χ2n) is 5.90. The van der Waals surface area contributed by atoms with Gasteiger partial charge in [0.25, 0.3) is 5.91 Å². The van der Waals surface area contributed by atoms with Crippen LogP contribution in [0.1, 0.15) is 43.0 Å². The third-order valence-corrected chi connectivity index (χ3v) is 6.15. The summed E-state index contributed by atoms with van der Waals surface area (Å²) in [4.78, 5) is 12.3. The summed E-state index contributed by atoms with van der Waals surface area (Å²) in [6, 6.07) is 2.60. The number of amides is 1. The molecule has 1 aromatic carbocycles. The minimum atomic E-state index is -3.05. The maximum absolute atomic E-state index is 12.3. The van der Waals surface area contributed by atoms with E-state index in [0.29, 0.717) is 18.8 Å². The van der Waals surface area contributed by atoms with Crippen LogP contribution in [-0.4, -0.2) is 38.5 Å². The van der Waals surface area contributed by atoms with Crippen molar-refractivity contribution in [2.75, 3.05) is 18.1 Å². The zero-order valence-electron chi connectivity index (χ0n) is 13.5. The van der Waals surface area contributed by atoms with Crippen LogP contribution in [0.3, 0.4) is 0 Å². The monoisotopic (exact) mass is 393 g/mol. The Hall–Kier alpha value is -0.980. The number of sulfone groups is 1. The van der Waals surface area contributed by atoms with E-state index in [0.717, 1.165) is 19.3 Å². The van der Waals surface area contributed by atoms with Crippen LogP contribution in [0.4, 0.5) is 0 Å². The van der Waals surface area contributed by atoms with Crippen molar-refractivity contribution in [2.24, 2.45) is 0 Å². The average molecular weight is 394 g/mol. The van der Waals surface area contributed by atoms with Crippen molar-refractivity contribution in [1.29, 1.82) is 0 Å². The fourth-order valence-electron chi connectivity index (χ4n) is 2.53. The summed E-state index contributed by atoms with van der Waals surface area (Å²) in [6.45, 7) is 2.61. The Kier molecular flexibility index (Phi) is 6.78. The summed E-state index contributed by atoms with van der Waals surface area (Å²) in [7, 11) is -3.05. The number of carbonyl (C=O) groups excluding carboxylic acids is 1. The molecule has 1 amide bonds. The number of ether oxygens (including phenoxy) is 1. The van der Waals surface area contributed by atoms with E-state index in [9.17, 15) is 13.2 Å². The van der Waals surface area contributed by atoms with Crippen molar-refractivity contribution in [3.63, 3.8) is 0 Å². The van der Waals surface area contributed by atoms with Crippen molar-refractivity contribution in [2.45, 2.75) is 38.6 Å². The van der Waals surface area contributed by atoms with Gasteiger partial charge in [-0.15, -0.1) is 0 Å². The second kappa shape index (κ2) is 8.41. The van der Waals surface area contributed by atoms with E-state index in [1.54, 1.807) is 0 Å². The summed E-state index contributed by atoms with van der Waals surface area (Å²) in [6.07, 6.45) is 3.47. The first kappa shape index (κ1) is 19.3. The highest BCUT2D eigenvalue weighted by atomic mass is 35.5. The molecule has 5 nitrogen and oxygen atoms in total. The maximum Gasteiger partial charge on any atom is 0.251 e. The van der Waals surface area contributed by atoms with Gasteiger partial charge in [-0.3, -0.25) is 4.79 Å². The van der Waals surface area contributed by atoms with Gasteiger partial charge < -0.3 is 10.1 Å². The van der Waals surface area contributed by atoms with E-state index >= 15 is 0 Å². The largest absolute Gasteiger partial charge is 0.490 e.